The molecule has 1 atom stereocenters. The van der Waals surface area contributed by atoms with Crippen molar-refractivity contribution in [2.75, 3.05) is 24.2 Å². The van der Waals surface area contributed by atoms with Crippen molar-refractivity contribution in [2.45, 2.75) is 19.6 Å². The number of rotatable bonds is 4. The lowest BCUT2D eigenvalue weighted by molar-refractivity contribution is -0.137. The minimum absolute atomic E-state index is 0.0348. The van der Waals surface area contributed by atoms with Crippen molar-refractivity contribution in [1.29, 1.82) is 0 Å². The SMILES string of the molecule is Cc1ccc(CN(C)C(=O)[C@@H]2CN(S(C)(=O)=O)c3ccccc3O2)cc1. The van der Waals surface area contributed by atoms with Gasteiger partial charge in [-0.25, -0.2) is 8.42 Å². The minimum atomic E-state index is -3.51. The van der Waals surface area contributed by atoms with Gasteiger partial charge in [0.1, 0.15) is 5.75 Å². The quantitative estimate of drug-likeness (QED) is 0.823. The largest absolute Gasteiger partial charge is 0.476 e. The average Bonchev–Trinajstić information content (AvgIpc) is 2.61. The highest BCUT2D eigenvalue weighted by atomic mass is 32.2. The molecular formula is C19H22N2O4S. The van der Waals surface area contributed by atoms with Gasteiger partial charge in [0.05, 0.1) is 18.5 Å². The molecule has 3 rings (SSSR count). The van der Waals surface area contributed by atoms with Crippen LogP contribution >= 0.6 is 0 Å². The molecule has 1 aliphatic rings. The summed E-state index contributed by atoms with van der Waals surface area (Å²) in [5, 5.41) is 0. The van der Waals surface area contributed by atoms with Gasteiger partial charge in [0, 0.05) is 13.6 Å². The molecule has 0 aliphatic carbocycles. The first kappa shape index (κ1) is 18.3. The number of amides is 1. The molecule has 0 radical (unpaired) electrons. The second-order valence-electron chi connectivity index (χ2n) is 6.55. The van der Waals surface area contributed by atoms with Crippen LogP contribution in [0.25, 0.3) is 0 Å². The zero-order valence-corrected chi connectivity index (χ0v) is 15.9. The summed E-state index contributed by atoms with van der Waals surface area (Å²) in [4.78, 5) is 14.4. The van der Waals surface area contributed by atoms with Crippen LogP contribution < -0.4 is 9.04 Å². The summed E-state index contributed by atoms with van der Waals surface area (Å²) in [5.41, 5.74) is 2.61. The number of para-hydroxylation sites is 2. The number of sulfonamides is 1. The van der Waals surface area contributed by atoms with E-state index in [-0.39, 0.29) is 12.5 Å². The number of aryl methyl sites for hydroxylation is 1. The van der Waals surface area contributed by atoms with Gasteiger partial charge in [-0.05, 0) is 24.6 Å². The molecule has 0 spiro atoms. The highest BCUT2D eigenvalue weighted by Crippen LogP contribution is 2.34. The molecular weight excluding hydrogens is 352 g/mol. The Morgan fingerprint density at radius 2 is 1.85 bits per heavy atom. The Labute approximate surface area is 154 Å². The Kier molecular flexibility index (Phi) is 4.91. The molecule has 0 bridgehead atoms. The number of carbonyl (C=O) groups excluding carboxylic acids is 1. The standard InChI is InChI=1S/C19H22N2O4S/c1-14-8-10-15(11-9-14)12-20(2)19(22)18-13-21(26(3,23)24)16-6-4-5-7-17(16)25-18/h4-11,18H,12-13H2,1-3H3/t18-/m0/s1. The van der Waals surface area contributed by atoms with Crippen LogP contribution in [0.4, 0.5) is 5.69 Å². The zero-order valence-electron chi connectivity index (χ0n) is 15.0. The molecule has 7 heteroatoms. The van der Waals surface area contributed by atoms with E-state index in [0.717, 1.165) is 17.4 Å². The second kappa shape index (κ2) is 6.99. The fourth-order valence-corrected chi connectivity index (χ4v) is 3.85. The summed E-state index contributed by atoms with van der Waals surface area (Å²) in [5.74, 6) is 0.139. The minimum Gasteiger partial charge on any atom is -0.476 e. The lowest BCUT2D eigenvalue weighted by Gasteiger charge is -2.35. The summed E-state index contributed by atoms with van der Waals surface area (Å²) < 4.78 is 31.3. The summed E-state index contributed by atoms with van der Waals surface area (Å²) in [6, 6.07) is 14.8. The Morgan fingerprint density at radius 1 is 1.19 bits per heavy atom. The van der Waals surface area contributed by atoms with Crippen LogP contribution in [0.2, 0.25) is 0 Å². The summed E-state index contributed by atoms with van der Waals surface area (Å²) in [6.07, 6.45) is 0.252. The highest BCUT2D eigenvalue weighted by molar-refractivity contribution is 7.92. The molecule has 0 unspecified atom stereocenters. The van der Waals surface area contributed by atoms with Crippen molar-refractivity contribution in [3.63, 3.8) is 0 Å². The van der Waals surface area contributed by atoms with E-state index < -0.39 is 16.1 Å². The molecule has 138 valence electrons. The number of ether oxygens (including phenoxy) is 1. The third kappa shape index (κ3) is 3.83. The fraction of sp³-hybridized carbons (Fsp3) is 0.316. The first-order chi connectivity index (χ1) is 12.3. The lowest BCUT2D eigenvalue weighted by atomic mass is 10.1. The normalized spacial score (nSPS) is 16.6. The second-order valence-corrected chi connectivity index (χ2v) is 8.46. The maximum atomic E-state index is 12.8. The first-order valence-electron chi connectivity index (χ1n) is 8.29. The lowest BCUT2D eigenvalue weighted by Crippen LogP contribution is -2.50. The van der Waals surface area contributed by atoms with Crippen molar-refractivity contribution < 1.29 is 17.9 Å². The van der Waals surface area contributed by atoms with Crippen LogP contribution in [0.3, 0.4) is 0 Å². The van der Waals surface area contributed by atoms with E-state index in [1.807, 2.05) is 31.2 Å². The van der Waals surface area contributed by atoms with E-state index in [1.54, 1.807) is 36.2 Å². The fourth-order valence-electron chi connectivity index (χ4n) is 2.94. The number of carbonyl (C=O) groups is 1. The van der Waals surface area contributed by atoms with E-state index >= 15 is 0 Å². The monoisotopic (exact) mass is 374 g/mol. The summed E-state index contributed by atoms with van der Waals surface area (Å²) >= 11 is 0. The number of likely N-dealkylation sites (N-methyl/N-ethyl adjacent to an activating group) is 1. The number of anilines is 1. The Hall–Kier alpha value is -2.54. The Balaban J connectivity index is 1.80. The van der Waals surface area contributed by atoms with Gasteiger partial charge in [-0.2, -0.15) is 0 Å². The maximum absolute atomic E-state index is 12.8. The molecule has 0 fully saturated rings. The van der Waals surface area contributed by atoms with Crippen molar-refractivity contribution in [2.24, 2.45) is 0 Å². The molecule has 26 heavy (non-hydrogen) atoms. The van der Waals surface area contributed by atoms with Gasteiger partial charge >= 0.3 is 0 Å². The third-order valence-corrected chi connectivity index (χ3v) is 5.47. The van der Waals surface area contributed by atoms with E-state index in [9.17, 15) is 13.2 Å². The van der Waals surface area contributed by atoms with Gasteiger partial charge in [-0.1, -0.05) is 42.0 Å². The van der Waals surface area contributed by atoms with E-state index in [4.69, 9.17) is 4.74 Å². The number of hydrogen-bond acceptors (Lipinski definition) is 4. The topological polar surface area (TPSA) is 66.9 Å². The molecule has 1 heterocycles. The molecule has 0 aromatic heterocycles. The zero-order chi connectivity index (χ0) is 18.9. The molecule has 1 aliphatic heterocycles. The first-order valence-corrected chi connectivity index (χ1v) is 10.1. The van der Waals surface area contributed by atoms with E-state index in [1.165, 1.54) is 4.31 Å². The van der Waals surface area contributed by atoms with Gasteiger partial charge in [0.15, 0.2) is 6.10 Å². The van der Waals surface area contributed by atoms with Crippen LogP contribution in [-0.4, -0.2) is 45.2 Å². The van der Waals surface area contributed by atoms with Gasteiger partial charge in [-0.15, -0.1) is 0 Å². The maximum Gasteiger partial charge on any atom is 0.265 e. The predicted octanol–water partition coefficient (Wildman–Crippen LogP) is 2.18. The van der Waals surface area contributed by atoms with Gasteiger partial charge in [0.2, 0.25) is 10.0 Å². The van der Waals surface area contributed by atoms with Crippen molar-refractivity contribution in [3.05, 3.63) is 59.7 Å². The molecule has 1 amide bonds. The molecule has 0 saturated carbocycles. The summed E-state index contributed by atoms with van der Waals surface area (Å²) in [6.45, 7) is 2.40. The van der Waals surface area contributed by atoms with Crippen molar-refractivity contribution in [3.8, 4) is 5.75 Å². The Morgan fingerprint density at radius 3 is 2.50 bits per heavy atom. The molecule has 6 nitrogen and oxygen atoms in total. The Bertz CT molecular complexity index is 909. The van der Waals surface area contributed by atoms with Crippen molar-refractivity contribution in [1.82, 2.24) is 4.90 Å². The van der Waals surface area contributed by atoms with Crippen LogP contribution in [0.15, 0.2) is 48.5 Å². The van der Waals surface area contributed by atoms with Crippen LogP contribution in [0, 0.1) is 6.92 Å². The number of hydrogen-bond donors (Lipinski definition) is 0. The molecule has 2 aromatic rings. The van der Waals surface area contributed by atoms with Gasteiger partial charge < -0.3 is 9.64 Å². The van der Waals surface area contributed by atoms with Crippen molar-refractivity contribution >= 4 is 21.6 Å². The predicted molar refractivity (Wildman–Crippen MR) is 101 cm³/mol. The molecule has 0 N–H and O–H groups in total. The van der Waals surface area contributed by atoms with E-state index in [2.05, 4.69) is 0 Å². The number of fused-ring (bicyclic) bond motifs is 1. The van der Waals surface area contributed by atoms with Crippen LogP contribution in [0.1, 0.15) is 11.1 Å². The van der Waals surface area contributed by atoms with Gasteiger partial charge in [-0.3, -0.25) is 9.10 Å². The highest BCUT2D eigenvalue weighted by Gasteiger charge is 2.36. The number of nitrogens with zero attached hydrogens (tertiary/aromatic N) is 2. The average molecular weight is 374 g/mol. The number of benzene rings is 2. The third-order valence-electron chi connectivity index (χ3n) is 4.33. The van der Waals surface area contributed by atoms with E-state index in [0.29, 0.717) is 18.0 Å². The van der Waals surface area contributed by atoms with Crippen LogP contribution in [0.5, 0.6) is 5.75 Å². The van der Waals surface area contributed by atoms with Gasteiger partial charge in [0.25, 0.3) is 5.91 Å². The summed E-state index contributed by atoms with van der Waals surface area (Å²) in [7, 11) is -1.82. The molecule has 2 aromatic carbocycles. The molecule has 0 saturated heterocycles. The smallest absolute Gasteiger partial charge is 0.265 e. The van der Waals surface area contributed by atoms with Crippen LogP contribution in [-0.2, 0) is 21.4 Å².